The molecular formula is C16H16FN3O5. The minimum atomic E-state index is -1.08. The number of carbonyl (C=O) groups excluding carboxylic acids is 3. The fraction of sp³-hybridized carbons (Fsp3) is 0.312. The molecule has 0 aromatic heterocycles. The Morgan fingerprint density at radius 1 is 1.32 bits per heavy atom. The van der Waals surface area contributed by atoms with Gasteiger partial charge in [-0.05, 0) is 24.3 Å². The third-order valence-electron chi connectivity index (χ3n) is 3.60. The highest BCUT2D eigenvalue weighted by molar-refractivity contribution is 6.67. The van der Waals surface area contributed by atoms with Gasteiger partial charge in [0.15, 0.2) is 11.5 Å². The van der Waals surface area contributed by atoms with Crippen LogP contribution in [-0.2, 0) is 19.2 Å². The maximum atomic E-state index is 13.0. The number of Topliss-reactive ketones (excluding diaryl/α,β-unsaturated/α-hetero) is 1. The highest BCUT2D eigenvalue weighted by Crippen LogP contribution is 2.20. The summed E-state index contributed by atoms with van der Waals surface area (Å²) in [4.78, 5) is 48.3. The third-order valence-corrected chi connectivity index (χ3v) is 3.60. The molecule has 1 aromatic rings. The number of anilines is 1. The molecule has 1 aliphatic heterocycles. The van der Waals surface area contributed by atoms with Crippen LogP contribution in [0.15, 0.2) is 29.4 Å². The van der Waals surface area contributed by atoms with Crippen LogP contribution in [0.3, 0.4) is 0 Å². The molecule has 0 bridgehead atoms. The van der Waals surface area contributed by atoms with Crippen molar-refractivity contribution in [1.29, 1.82) is 0 Å². The number of hydrogen-bond acceptors (Lipinski definition) is 5. The molecule has 8 nitrogen and oxygen atoms in total. The summed E-state index contributed by atoms with van der Waals surface area (Å²) in [5, 5.41) is 13.6. The normalized spacial score (nSPS) is 15.6. The van der Waals surface area contributed by atoms with Crippen molar-refractivity contribution < 1.29 is 28.7 Å². The number of hydrogen-bond donors (Lipinski definition) is 1. The van der Waals surface area contributed by atoms with Crippen LogP contribution in [0, 0.1) is 11.7 Å². The van der Waals surface area contributed by atoms with Crippen molar-refractivity contribution in [2.75, 3.05) is 18.6 Å². The zero-order chi connectivity index (χ0) is 18.7. The van der Waals surface area contributed by atoms with Crippen molar-refractivity contribution in [3.63, 3.8) is 0 Å². The number of ketones is 1. The molecule has 25 heavy (non-hydrogen) atoms. The Hall–Kier alpha value is -3.10. The lowest BCUT2D eigenvalue weighted by molar-refractivity contribution is -0.142. The van der Waals surface area contributed by atoms with Crippen LogP contribution in [0.1, 0.15) is 13.3 Å². The molecule has 2 rings (SSSR count). The molecular weight excluding hydrogens is 333 g/mol. The summed E-state index contributed by atoms with van der Waals surface area (Å²) < 4.78 is 13.0. The van der Waals surface area contributed by atoms with Gasteiger partial charge < -0.3 is 10.0 Å². The van der Waals surface area contributed by atoms with Gasteiger partial charge in [-0.25, -0.2) is 4.39 Å². The lowest BCUT2D eigenvalue weighted by Crippen LogP contribution is -2.46. The fourth-order valence-electron chi connectivity index (χ4n) is 2.21. The number of carboxylic acid groups (broad SMARTS) is 1. The van der Waals surface area contributed by atoms with Crippen molar-refractivity contribution in [2.24, 2.45) is 11.0 Å². The molecule has 1 aromatic carbocycles. The molecule has 0 spiro atoms. The highest BCUT2D eigenvalue weighted by atomic mass is 19.1. The zero-order valence-electron chi connectivity index (χ0n) is 13.6. The summed E-state index contributed by atoms with van der Waals surface area (Å²) >= 11 is 0. The smallest absolute Gasteiger partial charge is 0.308 e. The van der Waals surface area contributed by atoms with Gasteiger partial charge in [0.25, 0.3) is 11.8 Å². The molecule has 2 amide bonds. The summed E-state index contributed by atoms with van der Waals surface area (Å²) in [5.74, 6) is -4.59. The molecule has 1 aliphatic rings. The Bertz CT molecular complexity index is 760. The van der Waals surface area contributed by atoms with E-state index in [0.717, 1.165) is 22.0 Å². The van der Waals surface area contributed by atoms with Crippen molar-refractivity contribution in [3.05, 3.63) is 30.1 Å². The van der Waals surface area contributed by atoms with Gasteiger partial charge in [0.2, 0.25) is 0 Å². The predicted molar refractivity (Wildman–Crippen MR) is 85.4 cm³/mol. The molecule has 0 saturated carbocycles. The first-order valence-corrected chi connectivity index (χ1v) is 7.39. The van der Waals surface area contributed by atoms with E-state index in [2.05, 4.69) is 5.10 Å². The van der Waals surface area contributed by atoms with Crippen molar-refractivity contribution in [2.45, 2.75) is 13.3 Å². The number of aliphatic carboxylic acids is 1. The lowest BCUT2D eigenvalue weighted by Gasteiger charge is -2.25. The van der Waals surface area contributed by atoms with Gasteiger partial charge in [0.1, 0.15) is 5.82 Å². The second-order valence-electron chi connectivity index (χ2n) is 5.66. The lowest BCUT2D eigenvalue weighted by atomic mass is 10.1. The third kappa shape index (κ3) is 4.06. The first-order valence-electron chi connectivity index (χ1n) is 7.39. The van der Waals surface area contributed by atoms with Crippen molar-refractivity contribution >= 4 is 35.0 Å². The minimum absolute atomic E-state index is 0.120. The van der Waals surface area contributed by atoms with E-state index in [-0.39, 0.29) is 12.2 Å². The predicted octanol–water partition coefficient (Wildman–Crippen LogP) is 0.667. The largest absolute Gasteiger partial charge is 0.481 e. The van der Waals surface area contributed by atoms with Gasteiger partial charge in [-0.15, -0.1) is 0 Å². The maximum absolute atomic E-state index is 13.0. The van der Waals surface area contributed by atoms with Crippen LogP contribution in [-0.4, -0.2) is 52.9 Å². The molecule has 0 radical (unpaired) electrons. The summed E-state index contributed by atoms with van der Waals surface area (Å²) in [6.45, 7) is 1.30. The number of benzene rings is 1. The van der Waals surface area contributed by atoms with E-state index in [0.29, 0.717) is 0 Å². The second-order valence-corrected chi connectivity index (χ2v) is 5.66. The van der Waals surface area contributed by atoms with E-state index in [1.807, 2.05) is 0 Å². The average molecular weight is 349 g/mol. The Morgan fingerprint density at radius 2 is 1.92 bits per heavy atom. The van der Waals surface area contributed by atoms with Gasteiger partial charge in [0, 0.05) is 13.6 Å². The van der Waals surface area contributed by atoms with Crippen LogP contribution in [0.5, 0.6) is 0 Å². The van der Waals surface area contributed by atoms with E-state index < -0.39 is 47.4 Å². The Balaban J connectivity index is 2.28. The Kier molecular flexibility index (Phi) is 5.26. The van der Waals surface area contributed by atoms with E-state index in [9.17, 15) is 23.6 Å². The average Bonchev–Trinajstić information content (AvgIpc) is 2.55. The summed E-state index contributed by atoms with van der Waals surface area (Å²) in [6.07, 6.45) is -0.551. The van der Waals surface area contributed by atoms with E-state index >= 15 is 0 Å². The first kappa shape index (κ1) is 18.2. The number of nitrogens with zero attached hydrogens (tertiary/aromatic N) is 3. The molecule has 0 fully saturated rings. The summed E-state index contributed by atoms with van der Waals surface area (Å²) in [7, 11) is 1.34. The SMILES string of the molecule is CC(CN(C)C(=O)C1=NN(c2ccc(F)cc2)C(=O)CC1=O)C(=O)O. The quantitative estimate of drug-likeness (QED) is 0.786. The van der Waals surface area contributed by atoms with Crippen molar-refractivity contribution in [3.8, 4) is 0 Å². The van der Waals surface area contributed by atoms with E-state index in [4.69, 9.17) is 5.11 Å². The van der Waals surface area contributed by atoms with Crippen LogP contribution in [0.25, 0.3) is 0 Å². The maximum Gasteiger partial charge on any atom is 0.308 e. The molecule has 1 heterocycles. The van der Waals surface area contributed by atoms with Crippen LogP contribution in [0.2, 0.25) is 0 Å². The van der Waals surface area contributed by atoms with Gasteiger partial charge >= 0.3 is 5.97 Å². The molecule has 0 aliphatic carbocycles. The van der Waals surface area contributed by atoms with Crippen LogP contribution < -0.4 is 5.01 Å². The fourth-order valence-corrected chi connectivity index (χ4v) is 2.21. The summed E-state index contributed by atoms with van der Waals surface area (Å²) in [6, 6.07) is 4.84. The number of hydrazone groups is 1. The van der Waals surface area contributed by atoms with Gasteiger partial charge in [0.05, 0.1) is 18.0 Å². The number of halogens is 1. The van der Waals surface area contributed by atoms with E-state index in [1.165, 1.54) is 26.1 Å². The standard InChI is InChI=1S/C16H16FN3O5/c1-9(16(24)25)8-19(2)15(23)14-12(21)7-13(22)20(18-14)11-5-3-10(17)4-6-11/h3-6,9H,7-8H2,1-2H3,(H,24,25). The molecule has 0 saturated heterocycles. The van der Waals surface area contributed by atoms with Gasteiger partial charge in [-0.1, -0.05) is 6.92 Å². The number of rotatable bonds is 5. The Morgan fingerprint density at radius 3 is 2.48 bits per heavy atom. The molecule has 1 N–H and O–H groups in total. The molecule has 1 unspecified atom stereocenters. The minimum Gasteiger partial charge on any atom is -0.481 e. The number of carbonyl (C=O) groups is 4. The van der Waals surface area contributed by atoms with E-state index in [1.54, 1.807) is 0 Å². The molecule has 1 atom stereocenters. The topological polar surface area (TPSA) is 107 Å². The summed E-state index contributed by atoms with van der Waals surface area (Å²) in [5.41, 5.74) is -0.255. The second kappa shape index (κ2) is 7.20. The molecule has 9 heteroatoms. The van der Waals surface area contributed by atoms with Gasteiger partial charge in [-0.2, -0.15) is 10.1 Å². The first-order chi connectivity index (χ1) is 11.7. The number of amides is 2. The van der Waals surface area contributed by atoms with Crippen LogP contribution >= 0.6 is 0 Å². The Labute approximate surface area is 142 Å². The molecule has 132 valence electrons. The van der Waals surface area contributed by atoms with Crippen LogP contribution in [0.4, 0.5) is 10.1 Å². The monoisotopic (exact) mass is 349 g/mol. The number of carboxylic acids is 1. The highest BCUT2D eigenvalue weighted by Gasteiger charge is 2.34. The van der Waals surface area contributed by atoms with Crippen molar-refractivity contribution in [1.82, 2.24) is 4.90 Å². The zero-order valence-corrected chi connectivity index (χ0v) is 13.6. The van der Waals surface area contributed by atoms with Gasteiger partial charge in [-0.3, -0.25) is 19.2 Å².